The van der Waals surface area contributed by atoms with Gasteiger partial charge in [-0.2, -0.15) is 0 Å². The summed E-state index contributed by atoms with van der Waals surface area (Å²) >= 11 is 3.92. The second-order valence-electron chi connectivity index (χ2n) is 10.5. The third kappa shape index (κ3) is 2.60. The fourth-order valence-corrected chi connectivity index (χ4v) is 7.88. The summed E-state index contributed by atoms with van der Waals surface area (Å²) in [6.07, 6.45) is 0. The van der Waals surface area contributed by atoms with Gasteiger partial charge in [0.1, 0.15) is 11.2 Å². The van der Waals surface area contributed by atoms with Crippen molar-refractivity contribution in [2.24, 2.45) is 0 Å². The first-order valence-electron chi connectivity index (χ1n) is 13.3. The van der Waals surface area contributed by atoms with Crippen molar-refractivity contribution in [3.05, 3.63) is 154 Å². The van der Waals surface area contributed by atoms with Gasteiger partial charge in [-0.05, 0) is 74.3 Å². The Labute approximate surface area is 234 Å². The smallest absolute Gasteiger partial charge is 0.136 e. The van der Waals surface area contributed by atoms with Crippen molar-refractivity contribution in [3.63, 3.8) is 0 Å². The van der Waals surface area contributed by atoms with E-state index in [-0.39, 0.29) is 5.41 Å². The van der Waals surface area contributed by atoms with Crippen LogP contribution in [0.3, 0.4) is 0 Å². The van der Waals surface area contributed by atoms with E-state index < -0.39 is 0 Å². The summed E-state index contributed by atoms with van der Waals surface area (Å²) in [5.41, 5.74) is 14.5. The Balaban J connectivity index is 1.42. The number of benzene rings is 6. The van der Waals surface area contributed by atoms with Crippen LogP contribution in [-0.2, 0) is 5.41 Å². The molecule has 7 aromatic rings. The normalized spacial score (nSPS) is 14.0. The molecule has 6 aromatic carbocycles. The minimum atomic E-state index is -0.353. The highest BCUT2D eigenvalue weighted by Gasteiger charge is 2.51. The fraction of sp³-hybridized carbons (Fsp3) is 0.0270. The maximum Gasteiger partial charge on any atom is 0.136 e. The van der Waals surface area contributed by atoms with Crippen molar-refractivity contribution in [1.29, 1.82) is 0 Å². The lowest BCUT2D eigenvalue weighted by Crippen LogP contribution is -2.25. The van der Waals surface area contributed by atoms with Gasteiger partial charge in [0.25, 0.3) is 0 Å². The van der Waals surface area contributed by atoms with Gasteiger partial charge in [-0.25, -0.2) is 0 Å². The highest BCUT2D eigenvalue weighted by atomic mass is 79.9. The largest absolute Gasteiger partial charge is 0.456 e. The molecule has 0 N–H and O–H groups in total. The quantitative estimate of drug-likeness (QED) is 0.194. The molecule has 0 unspecified atom stereocenters. The van der Waals surface area contributed by atoms with Crippen molar-refractivity contribution >= 4 is 37.9 Å². The Morgan fingerprint density at radius 1 is 0.487 bits per heavy atom. The van der Waals surface area contributed by atoms with Crippen LogP contribution in [0.15, 0.2) is 136 Å². The van der Waals surface area contributed by atoms with Crippen LogP contribution in [0, 0.1) is 0 Å². The molecule has 0 saturated heterocycles. The number of hydrogen-bond acceptors (Lipinski definition) is 1. The van der Waals surface area contributed by atoms with Crippen LogP contribution >= 0.6 is 15.9 Å². The van der Waals surface area contributed by atoms with Crippen LogP contribution < -0.4 is 0 Å². The first-order valence-corrected chi connectivity index (χ1v) is 14.1. The third-order valence-electron chi connectivity index (χ3n) is 8.78. The molecule has 1 nitrogen and oxygen atoms in total. The molecule has 0 saturated carbocycles. The highest BCUT2D eigenvalue weighted by Crippen LogP contribution is 2.63. The molecule has 39 heavy (non-hydrogen) atoms. The number of hydrogen-bond donors (Lipinski definition) is 0. The zero-order valence-electron chi connectivity index (χ0n) is 20.9. The van der Waals surface area contributed by atoms with Crippen LogP contribution in [0.25, 0.3) is 55.3 Å². The van der Waals surface area contributed by atoms with E-state index >= 15 is 0 Å². The van der Waals surface area contributed by atoms with Crippen molar-refractivity contribution in [2.45, 2.75) is 5.41 Å². The Kier molecular flexibility index (Phi) is 4.19. The van der Waals surface area contributed by atoms with E-state index in [1.807, 2.05) is 12.1 Å². The molecule has 2 aliphatic rings. The average molecular weight is 561 g/mol. The fourth-order valence-electron chi connectivity index (χ4n) is 7.32. The third-order valence-corrected chi connectivity index (χ3v) is 9.44. The van der Waals surface area contributed by atoms with Crippen molar-refractivity contribution in [1.82, 2.24) is 0 Å². The topological polar surface area (TPSA) is 13.1 Å². The van der Waals surface area contributed by atoms with Gasteiger partial charge < -0.3 is 4.42 Å². The minimum Gasteiger partial charge on any atom is -0.456 e. The summed E-state index contributed by atoms with van der Waals surface area (Å²) in [6, 6.07) is 46.4. The van der Waals surface area contributed by atoms with Crippen molar-refractivity contribution in [2.75, 3.05) is 0 Å². The summed E-state index contributed by atoms with van der Waals surface area (Å²) in [7, 11) is 0. The van der Waals surface area contributed by atoms with Gasteiger partial charge in [0.05, 0.1) is 5.41 Å². The van der Waals surface area contributed by atoms with E-state index in [1.165, 1.54) is 55.6 Å². The van der Waals surface area contributed by atoms with Gasteiger partial charge in [-0.3, -0.25) is 0 Å². The molecule has 0 aliphatic heterocycles. The number of para-hydroxylation sites is 1. The van der Waals surface area contributed by atoms with E-state index in [4.69, 9.17) is 4.42 Å². The zero-order valence-corrected chi connectivity index (χ0v) is 22.5. The average Bonchev–Trinajstić information content (AvgIpc) is 3.61. The van der Waals surface area contributed by atoms with Gasteiger partial charge in [0.2, 0.25) is 0 Å². The molecule has 0 amide bonds. The van der Waals surface area contributed by atoms with Crippen LogP contribution in [-0.4, -0.2) is 0 Å². The molecule has 0 bridgehead atoms. The second kappa shape index (κ2) is 7.59. The molecule has 1 spiro atoms. The molecule has 2 aliphatic carbocycles. The molecule has 2 heteroatoms. The van der Waals surface area contributed by atoms with Crippen LogP contribution in [0.1, 0.15) is 22.3 Å². The highest BCUT2D eigenvalue weighted by molar-refractivity contribution is 9.10. The maximum absolute atomic E-state index is 6.28. The minimum absolute atomic E-state index is 0.353. The Hall–Kier alpha value is -4.40. The van der Waals surface area contributed by atoms with Gasteiger partial charge in [0.15, 0.2) is 0 Å². The van der Waals surface area contributed by atoms with Crippen LogP contribution in [0.4, 0.5) is 0 Å². The molecule has 1 heterocycles. The molecule has 9 rings (SSSR count). The Bertz CT molecular complexity index is 2080. The van der Waals surface area contributed by atoms with Crippen LogP contribution in [0.5, 0.6) is 0 Å². The molecule has 1 aromatic heterocycles. The first-order chi connectivity index (χ1) is 19.3. The van der Waals surface area contributed by atoms with E-state index in [0.717, 1.165) is 26.4 Å². The number of furan rings is 1. The van der Waals surface area contributed by atoms with Gasteiger partial charge >= 0.3 is 0 Å². The Morgan fingerprint density at radius 2 is 1.05 bits per heavy atom. The predicted octanol–water partition coefficient (Wildman–Crippen LogP) is 10.4. The summed E-state index contributed by atoms with van der Waals surface area (Å²) in [6.45, 7) is 0. The molecular formula is C37H21BrO. The first kappa shape index (κ1) is 21.5. The standard InChI is InChI=1S/C37H21BrO/c38-32-19-20-34-36(27-12-4-8-16-33(27)39-34)35(32)22-17-18-26-25-11-3-7-15-30(25)37(31(26)21-22)28-13-5-1-9-23(28)24-10-2-6-14-29(24)37/h1-21H. The zero-order chi connectivity index (χ0) is 25.7. The lowest BCUT2D eigenvalue weighted by Gasteiger charge is -2.30. The second-order valence-corrected chi connectivity index (χ2v) is 11.4. The van der Waals surface area contributed by atoms with Crippen molar-refractivity contribution in [3.8, 4) is 33.4 Å². The predicted molar refractivity (Wildman–Crippen MR) is 163 cm³/mol. The lowest BCUT2D eigenvalue weighted by molar-refractivity contribution is 0.669. The Morgan fingerprint density at radius 3 is 1.72 bits per heavy atom. The molecule has 0 fully saturated rings. The molecule has 0 radical (unpaired) electrons. The van der Waals surface area contributed by atoms with E-state index in [1.54, 1.807) is 0 Å². The van der Waals surface area contributed by atoms with Gasteiger partial charge in [-0.1, -0.05) is 119 Å². The van der Waals surface area contributed by atoms with Crippen molar-refractivity contribution < 1.29 is 4.42 Å². The van der Waals surface area contributed by atoms with Gasteiger partial charge in [0, 0.05) is 20.8 Å². The molecular weight excluding hydrogens is 540 g/mol. The monoisotopic (exact) mass is 560 g/mol. The number of fused-ring (bicyclic) bond motifs is 13. The number of halogens is 1. The van der Waals surface area contributed by atoms with E-state index in [0.29, 0.717) is 0 Å². The van der Waals surface area contributed by atoms with E-state index in [2.05, 4.69) is 131 Å². The van der Waals surface area contributed by atoms with Crippen LogP contribution in [0.2, 0.25) is 0 Å². The molecule has 182 valence electrons. The summed E-state index contributed by atoms with van der Waals surface area (Å²) in [4.78, 5) is 0. The summed E-state index contributed by atoms with van der Waals surface area (Å²) < 4.78 is 7.35. The van der Waals surface area contributed by atoms with Gasteiger partial charge in [-0.15, -0.1) is 0 Å². The lowest BCUT2D eigenvalue weighted by atomic mass is 9.70. The summed E-state index contributed by atoms with van der Waals surface area (Å²) in [5.74, 6) is 0. The summed E-state index contributed by atoms with van der Waals surface area (Å²) in [5, 5.41) is 2.29. The van der Waals surface area contributed by atoms with E-state index in [9.17, 15) is 0 Å². The maximum atomic E-state index is 6.28. The number of rotatable bonds is 1. The molecule has 0 atom stereocenters. The SMILES string of the molecule is Brc1ccc2oc3ccccc3c2c1-c1ccc2c(c1)C1(c3ccccc3-c3ccccc31)c1ccccc1-2.